The summed E-state index contributed by atoms with van der Waals surface area (Å²) in [6.07, 6.45) is 6.36. The van der Waals surface area contributed by atoms with E-state index in [4.69, 9.17) is 9.15 Å². The number of likely N-dealkylation sites (tertiary alicyclic amines) is 1. The van der Waals surface area contributed by atoms with Gasteiger partial charge in [-0.2, -0.15) is 0 Å². The minimum Gasteiger partial charge on any atom is -0.481 e. The van der Waals surface area contributed by atoms with Crippen LogP contribution in [0.2, 0.25) is 0 Å². The molecule has 148 valence electrons. The number of rotatable bonds is 7. The highest BCUT2D eigenvalue weighted by molar-refractivity contribution is 5.91. The van der Waals surface area contributed by atoms with E-state index in [2.05, 4.69) is 5.32 Å². The Labute approximate surface area is 163 Å². The molecule has 1 N–H and O–H groups in total. The Morgan fingerprint density at radius 2 is 2.00 bits per heavy atom. The molecule has 0 aliphatic carbocycles. The second kappa shape index (κ2) is 9.73. The lowest BCUT2D eigenvalue weighted by Crippen LogP contribution is -2.41. The number of nitrogens with one attached hydrogen (secondary N) is 1. The molecule has 0 atom stereocenters. The van der Waals surface area contributed by atoms with Crippen LogP contribution in [0.25, 0.3) is 6.08 Å². The molecular weight excluding hydrogens is 363 g/mol. The summed E-state index contributed by atoms with van der Waals surface area (Å²) < 4.78 is 23.8. The van der Waals surface area contributed by atoms with Gasteiger partial charge in [-0.15, -0.1) is 0 Å². The summed E-state index contributed by atoms with van der Waals surface area (Å²) in [5.41, 5.74) is 0. The maximum absolute atomic E-state index is 13.5. The number of carbonyl (C=O) groups is 2. The van der Waals surface area contributed by atoms with Crippen molar-refractivity contribution in [3.05, 3.63) is 60.3 Å². The van der Waals surface area contributed by atoms with Gasteiger partial charge in [-0.1, -0.05) is 12.1 Å². The Kier molecular flexibility index (Phi) is 6.84. The van der Waals surface area contributed by atoms with E-state index in [9.17, 15) is 14.0 Å². The fourth-order valence-electron chi connectivity index (χ4n) is 3.02. The van der Waals surface area contributed by atoms with Crippen molar-refractivity contribution in [2.45, 2.75) is 12.8 Å². The van der Waals surface area contributed by atoms with Crippen LogP contribution in [-0.2, 0) is 9.59 Å². The number of halogens is 1. The summed E-state index contributed by atoms with van der Waals surface area (Å²) in [4.78, 5) is 25.9. The Bertz CT molecular complexity index is 812. The number of nitrogens with zero attached hydrogens (tertiary/aromatic N) is 1. The molecule has 1 saturated heterocycles. The number of benzene rings is 1. The van der Waals surface area contributed by atoms with Crippen LogP contribution in [0.1, 0.15) is 18.6 Å². The van der Waals surface area contributed by atoms with Crippen LogP contribution in [0.15, 0.2) is 53.2 Å². The van der Waals surface area contributed by atoms with Crippen LogP contribution in [0, 0.1) is 11.7 Å². The average Bonchev–Trinajstić information content (AvgIpc) is 3.24. The van der Waals surface area contributed by atoms with Crippen LogP contribution < -0.4 is 10.1 Å². The first-order chi connectivity index (χ1) is 13.6. The average molecular weight is 386 g/mol. The molecular formula is C21H23FN2O4. The molecule has 0 bridgehead atoms. The molecule has 2 aromatic rings. The lowest BCUT2D eigenvalue weighted by Gasteiger charge is -2.31. The van der Waals surface area contributed by atoms with E-state index < -0.39 is 5.82 Å². The molecule has 1 aromatic heterocycles. The van der Waals surface area contributed by atoms with E-state index in [1.54, 1.807) is 41.5 Å². The lowest BCUT2D eigenvalue weighted by atomic mass is 9.96. The second-order valence-electron chi connectivity index (χ2n) is 6.64. The van der Waals surface area contributed by atoms with E-state index in [0.29, 0.717) is 31.3 Å². The highest BCUT2D eigenvalue weighted by atomic mass is 19.1. The molecule has 0 radical (unpaired) electrons. The number of piperidine rings is 1. The van der Waals surface area contributed by atoms with Crippen molar-refractivity contribution in [2.75, 3.05) is 26.2 Å². The standard InChI is InChI=1S/C21H23FN2O4/c22-18-5-1-2-6-19(18)28-15-20(25)23-14-16-9-11-24(12-10-16)21(26)8-7-17-4-3-13-27-17/h1-8,13,16H,9-12,14-15H2,(H,23,25). The second-order valence-corrected chi connectivity index (χ2v) is 6.64. The van der Waals surface area contributed by atoms with Gasteiger partial charge in [0.2, 0.25) is 5.91 Å². The molecule has 1 fully saturated rings. The van der Waals surface area contributed by atoms with Crippen molar-refractivity contribution in [1.29, 1.82) is 0 Å². The smallest absolute Gasteiger partial charge is 0.257 e. The molecule has 7 heteroatoms. The van der Waals surface area contributed by atoms with Gasteiger partial charge >= 0.3 is 0 Å². The molecule has 6 nitrogen and oxygen atoms in total. The van der Waals surface area contributed by atoms with Crippen LogP contribution in [0.4, 0.5) is 4.39 Å². The molecule has 2 amide bonds. The van der Waals surface area contributed by atoms with E-state index in [0.717, 1.165) is 12.8 Å². The zero-order valence-corrected chi connectivity index (χ0v) is 15.5. The van der Waals surface area contributed by atoms with E-state index >= 15 is 0 Å². The topological polar surface area (TPSA) is 71.8 Å². The highest BCUT2D eigenvalue weighted by Gasteiger charge is 2.22. The molecule has 0 unspecified atom stereocenters. The minimum atomic E-state index is -0.492. The Balaban J connectivity index is 1.34. The summed E-state index contributed by atoms with van der Waals surface area (Å²) in [6.45, 7) is 1.58. The number of hydrogen-bond donors (Lipinski definition) is 1. The quantitative estimate of drug-likeness (QED) is 0.743. The van der Waals surface area contributed by atoms with Gasteiger partial charge in [0.25, 0.3) is 5.91 Å². The fraction of sp³-hybridized carbons (Fsp3) is 0.333. The van der Waals surface area contributed by atoms with E-state index in [1.165, 1.54) is 18.2 Å². The van der Waals surface area contributed by atoms with Gasteiger partial charge in [0.05, 0.1) is 6.26 Å². The molecule has 1 aromatic carbocycles. The maximum Gasteiger partial charge on any atom is 0.257 e. The zero-order chi connectivity index (χ0) is 19.8. The summed E-state index contributed by atoms with van der Waals surface area (Å²) in [5.74, 6) is 0.180. The van der Waals surface area contributed by atoms with Crippen LogP contribution >= 0.6 is 0 Å². The third kappa shape index (κ3) is 5.70. The predicted octanol–water partition coefficient (Wildman–Crippen LogP) is 2.87. The highest BCUT2D eigenvalue weighted by Crippen LogP contribution is 2.17. The summed E-state index contributed by atoms with van der Waals surface area (Å²) in [7, 11) is 0. The fourth-order valence-corrected chi connectivity index (χ4v) is 3.02. The maximum atomic E-state index is 13.5. The Morgan fingerprint density at radius 1 is 1.21 bits per heavy atom. The van der Waals surface area contributed by atoms with Crippen molar-refractivity contribution in [1.82, 2.24) is 10.2 Å². The monoisotopic (exact) mass is 386 g/mol. The normalized spacial score (nSPS) is 15.0. The van der Waals surface area contributed by atoms with Gasteiger partial charge < -0.3 is 19.4 Å². The first kappa shape index (κ1) is 19.7. The SMILES string of the molecule is O=C(COc1ccccc1F)NCC1CCN(C(=O)C=Cc2ccco2)CC1. The van der Waals surface area contributed by atoms with E-state index in [-0.39, 0.29) is 24.2 Å². The third-order valence-electron chi connectivity index (χ3n) is 4.64. The molecule has 28 heavy (non-hydrogen) atoms. The van der Waals surface area contributed by atoms with E-state index in [1.807, 2.05) is 0 Å². The van der Waals surface area contributed by atoms with Crippen LogP contribution in [0.3, 0.4) is 0 Å². The molecule has 0 saturated carbocycles. The van der Waals surface area contributed by atoms with Crippen molar-refractivity contribution in [2.24, 2.45) is 5.92 Å². The number of amides is 2. The number of furan rings is 1. The zero-order valence-electron chi connectivity index (χ0n) is 15.5. The first-order valence-electron chi connectivity index (χ1n) is 9.26. The summed E-state index contributed by atoms with van der Waals surface area (Å²) >= 11 is 0. The largest absolute Gasteiger partial charge is 0.481 e. The first-order valence-corrected chi connectivity index (χ1v) is 9.26. The minimum absolute atomic E-state index is 0.0443. The number of para-hydroxylation sites is 1. The van der Waals surface area contributed by atoms with Gasteiger partial charge in [-0.05, 0) is 49.1 Å². The molecule has 2 heterocycles. The van der Waals surface area contributed by atoms with Gasteiger partial charge in [0.15, 0.2) is 18.2 Å². The summed E-state index contributed by atoms with van der Waals surface area (Å²) in [6, 6.07) is 9.53. The van der Waals surface area contributed by atoms with Gasteiger partial charge in [0.1, 0.15) is 5.76 Å². The van der Waals surface area contributed by atoms with Crippen molar-refractivity contribution in [3.8, 4) is 5.75 Å². The van der Waals surface area contributed by atoms with Gasteiger partial charge in [0, 0.05) is 25.7 Å². The Morgan fingerprint density at radius 3 is 2.71 bits per heavy atom. The molecule has 1 aliphatic rings. The number of carbonyl (C=O) groups excluding carboxylic acids is 2. The van der Waals surface area contributed by atoms with Crippen molar-refractivity contribution < 1.29 is 23.1 Å². The number of ether oxygens (including phenoxy) is 1. The number of hydrogen-bond acceptors (Lipinski definition) is 4. The summed E-state index contributed by atoms with van der Waals surface area (Å²) in [5, 5.41) is 2.81. The van der Waals surface area contributed by atoms with Crippen molar-refractivity contribution in [3.63, 3.8) is 0 Å². The third-order valence-corrected chi connectivity index (χ3v) is 4.64. The van der Waals surface area contributed by atoms with Crippen LogP contribution in [0.5, 0.6) is 5.75 Å². The van der Waals surface area contributed by atoms with Gasteiger partial charge in [-0.25, -0.2) is 4.39 Å². The predicted molar refractivity (Wildman–Crippen MR) is 102 cm³/mol. The molecule has 0 spiro atoms. The molecule has 1 aliphatic heterocycles. The van der Waals surface area contributed by atoms with Crippen molar-refractivity contribution >= 4 is 17.9 Å². The molecule has 3 rings (SSSR count). The lowest BCUT2D eigenvalue weighted by molar-refractivity contribution is -0.128. The Hall–Kier alpha value is -3.09. The van der Waals surface area contributed by atoms with Gasteiger partial charge in [-0.3, -0.25) is 9.59 Å². The van der Waals surface area contributed by atoms with Crippen LogP contribution in [-0.4, -0.2) is 43.0 Å².